The topological polar surface area (TPSA) is 42.3 Å². The van der Waals surface area contributed by atoms with Gasteiger partial charge in [-0.2, -0.15) is 5.26 Å². The lowest BCUT2D eigenvalue weighted by Crippen LogP contribution is -2.45. The third kappa shape index (κ3) is 3.66. The number of rotatable bonds is 4. The zero-order valence-corrected chi connectivity index (χ0v) is 11.2. The van der Waals surface area contributed by atoms with Gasteiger partial charge in [-0.15, -0.1) is 0 Å². The van der Waals surface area contributed by atoms with Crippen LogP contribution in [0.5, 0.6) is 0 Å². The number of nitrogens with one attached hydrogen (secondary N) is 1. The summed E-state index contributed by atoms with van der Waals surface area (Å²) in [6.07, 6.45) is 0. The lowest BCUT2D eigenvalue weighted by molar-refractivity contribution is 0.158. The van der Waals surface area contributed by atoms with Crippen molar-refractivity contribution < 1.29 is 4.39 Å². The number of hydrogen-bond donors (Lipinski definition) is 1. The number of nitriles is 1. The molecule has 19 heavy (non-hydrogen) atoms. The summed E-state index contributed by atoms with van der Waals surface area (Å²) in [5.41, 5.74) is 0.678. The minimum absolute atomic E-state index is 0.0980. The van der Waals surface area contributed by atoms with Gasteiger partial charge in [-0.3, -0.25) is 4.90 Å². The van der Waals surface area contributed by atoms with Crippen molar-refractivity contribution in [1.29, 1.82) is 5.26 Å². The van der Waals surface area contributed by atoms with E-state index in [1.165, 1.54) is 6.07 Å². The summed E-state index contributed by atoms with van der Waals surface area (Å²) in [4.78, 5) is 4.68. The molecule has 0 spiro atoms. The van der Waals surface area contributed by atoms with E-state index in [1.54, 1.807) is 12.1 Å². The van der Waals surface area contributed by atoms with Crippen LogP contribution in [0.15, 0.2) is 18.2 Å². The Kier molecular flexibility index (Phi) is 4.72. The van der Waals surface area contributed by atoms with Crippen LogP contribution >= 0.6 is 0 Å². The van der Waals surface area contributed by atoms with Gasteiger partial charge >= 0.3 is 0 Å². The lowest BCUT2D eigenvalue weighted by Gasteiger charge is -2.32. The molecule has 2 rings (SSSR count). The van der Waals surface area contributed by atoms with E-state index in [-0.39, 0.29) is 5.56 Å². The number of benzene rings is 1. The molecule has 0 aromatic heterocycles. The fourth-order valence-electron chi connectivity index (χ4n) is 2.21. The van der Waals surface area contributed by atoms with Crippen LogP contribution in [0.1, 0.15) is 5.56 Å². The van der Waals surface area contributed by atoms with Gasteiger partial charge in [0.2, 0.25) is 0 Å². The molecule has 5 heteroatoms. The van der Waals surface area contributed by atoms with E-state index in [9.17, 15) is 4.39 Å². The smallest absolute Gasteiger partial charge is 0.143 e. The van der Waals surface area contributed by atoms with Gasteiger partial charge in [0.25, 0.3) is 0 Å². The molecule has 102 valence electrons. The Morgan fingerprint density at radius 3 is 2.74 bits per heavy atom. The summed E-state index contributed by atoms with van der Waals surface area (Å²) in [5, 5.41) is 12.1. The quantitative estimate of drug-likeness (QED) is 0.889. The molecule has 1 saturated heterocycles. The van der Waals surface area contributed by atoms with Gasteiger partial charge in [0.05, 0.1) is 5.69 Å². The van der Waals surface area contributed by atoms with E-state index in [2.05, 4.69) is 22.2 Å². The van der Waals surface area contributed by atoms with Crippen molar-refractivity contribution in [2.45, 2.75) is 0 Å². The SMILES string of the molecule is CN1CCN(CCNc2cccc(F)c2C#N)CC1. The predicted octanol–water partition coefficient (Wildman–Crippen LogP) is 1.36. The summed E-state index contributed by atoms with van der Waals surface area (Å²) in [7, 11) is 2.13. The molecule has 0 bridgehead atoms. The van der Waals surface area contributed by atoms with Crippen LogP contribution in [0.3, 0.4) is 0 Å². The molecule has 1 N–H and O–H groups in total. The van der Waals surface area contributed by atoms with Crippen molar-refractivity contribution in [3.8, 4) is 6.07 Å². The molecular formula is C14H19FN4. The molecule has 1 aliphatic heterocycles. The minimum atomic E-state index is -0.466. The highest BCUT2D eigenvalue weighted by Gasteiger charge is 2.13. The molecule has 0 atom stereocenters. The molecule has 1 heterocycles. The Hall–Kier alpha value is -1.64. The summed E-state index contributed by atoms with van der Waals surface area (Å²) in [6, 6.07) is 6.57. The van der Waals surface area contributed by atoms with Crippen LogP contribution in [0.25, 0.3) is 0 Å². The zero-order chi connectivity index (χ0) is 13.7. The van der Waals surface area contributed by atoms with E-state index in [4.69, 9.17) is 5.26 Å². The van der Waals surface area contributed by atoms with Crippen LogP contribution in [-0.2, 0) is 0 Å². The standard InChI is InChI=1S/C14H19FN4/c1-18-7-9-19(10-8-18)6-5-17-14-4-2-3-13(15)12(14)11-16/h2-4,17H,5-10H2,1H3. The first-order valence-corrected chi connectivity index (χ1v) is 6.54. The summed E-state index contributed by atoms with van der Waals surface area (Å²) in [6.45, 7) is 5.93. The van der Waals surface area contributed by atoms with Crippen molar-refractivity contribution in [3.63, 3.8) is 0 Å². The normalized spacial score (nSPS) is 17.1. The van der Waals surface area contributed by atoms with Crippen LogP contribution in [0.2, 0.25) is 0 Å². The fraction of sp³-hybridized carbons (Fsp3) is 0.500. The summed E-state index contributed by atoms with van der Waals surface area (Å²) < 4.78 is 13.4. The van der Waals surface area contributed by atoms with Crippen LogP contribution in [0.4, 0.5) is 10.1 Å². The van der Waals surface area contributed by atoms with Crippen molar-refractivity contribution in [2.24, 2.45) is 0 Å². The second kappa shape index (κ2) is 6.50. The molecule has 0 unspecified atom stereocenters. The van der Waals surface area contributed by atoms with E-state index in [0.29, 0.717) is 5.69 Å². The Balaban J connectivity index is 1.83. The first kappa shape index (κ1) is 13.8. The third-order valence-electron chi connectivity index (χ3n) is 3.46. The van der Waals surface area contributed by atoms with E-state index in [1.807, 2.05) is 6.07 Å². The van der Waals surface area contributed by atoms with Gasteiger partial charge < -0.3 is 10.2 Å². The maximum absolute atomic E-state index is 13.4. The lowest BCUT2D eigenvalue weighted by atomic mass is 10.2. The molecule has 0 radical (unpaired) electrons. The largest absolute Gasteiger partial charge is 0.383 e. The second-order valence-electron chi connectivity index (χ2n) is 4.85. The number of piperazine rings is 1. The number of hydrogen-bond acceptors (Lipinski definition) is 4. The minimum Gasteiger partial charge on any atom is -0.383 e. The van der Waals surface area contributed by atoms with Crippen LogP contribution < -0.4 is 5.32 Å². The molecule has 1 aliphatic rings. The number of anilines is 1. The van der Waals surface area contributed by atoms with Crippen LogP contribution in [-0.4, -0.2) is 56.1 Å². The van der Waals surface area contributed by atoms with E-state index in [0.717, 1.165) is 39.3 Å². The average Bonchev–Trinajstić information content (AvgIpc) is 2.41. The third-order valence-corrected chi connectivity index (χ3v) is 3.46. The highest BCUT2D eigenvalue weighted by molar-refractivity contribution is 5.57. The first-order valence-electron chi connectivity index (χ1n) is 6.54. The van der Waals surface area contributed by atoms with E-state index < -0.39 is 5.82 Å². The molecule has 0 aliphatic carbocycles. The molecule has 0 amide bonds. The number of nitrogens with zero attached hydrogens (tertiary/aromatic N) is 3. The zero-order valence-electron chi connectivity index (χ0n) is 11.2. The highest BCUT2D eigenvalue weighted by Crippen LogP contribution is 2.17. The van der Waals surface area contributed by atoms with Crippen molar-refractivity contribution in [3.05, 3.63) is 29.6 Å². The molecule has 4 nitrogen and oxygen atoms in total. The average molecular weight is 262 g/mol. The number of halogens is 1. The Bertz CT molecular complexity index is 461. The van der Waals surface area contributed by atoms with Gasteiger partial charge in [0.15, 0.2) is 0 Å². The van der Waals surface area contributed by atoms with Gasteiger partial charge in [-0.1, -0.05) is 6.07 Å². The molecule has 1 aromatic carbocycles. The molecular weight excluding hydrogens is 243 g/mol. The fourth-order valence-corrected chi connectivity index (χ4v) is 2.21. The maximum atomic E-state index is 13.4. The van der Waals surface area contributed by atoms with Crippen molar-refractivity contribution >= 4 is 5.69 Å². The highest BCUT2D eigenvalue weighted by atomic mass is 19.1. The number of likely N-dealkylation sites (N-methyl/N-ethyl adjacent to an activating group) is 1. The predicted molar refractivity (Wildman–Crippen MR) is 73.5 cm³/mol. The Labute approximate surface area is 113 Å². The van der Waals surface area contributed by atoms with Crippen molar-refractivity contribution in [2.75, 3.05) is 51.6 Å². The Morgan fingerprint density at radius 1 is 1.32 bits per heavy atom. The van der Waals surface area contributed by atoms with Gasteiger partial charge in [-0.25, -0.2) is 4.39 Å². The first-order chi connectivity index (χ1) is 9.20. The maximum Gasteiger partial charge on any atom is 0.143 e. The second-order valence-corrected chi connectivity index (χ2v) is 4.85. The van der Waals surface area contributed by atoms with Gasteiger partial charge in [-0.05, 0) is 19.2 Å². The van der Waals surface area contributed by atoms with Crippen LogP contribution in [0, 0.1) is 17.1 Å². The summed E-state index contributed by atoms with van der Waals surface area (Å²) >= 11 is 0. The van der Waals surface area contributed by atoms with E-state index >= 15 is 0 Å². The summed E-state index contributed by atoms with van der Waals surface area (Å²) in [5.74, 6) is -0.466. The van der Waals surface area contributed by atoms with Gasteiger partial charge in [0, 0.05) is 39.3 Å². The molecule has 1 fully saturated rings. The molecule has 0 saturated carbocycles. The monoisotopic (exact) mass is 262 g/mol. The van der Waals surface area contributed by atoms with Gasteiger partial charge in [0.1, 0.15) is 17.4 Å². The Morgan fingerprint density at radius 2 is 2.05 bits per heavy atom. The molecule has 1 aromatic rings. The van der Waals surface area contributed by atoms with Crippen molar-refractivity contribution in [1.82, 2.24) is 9.80 Å².